The molecule has 0 spiro atoms. The van der Waals surface area contributed by atoms with E-state index in [1.165, 1.54) is 6.39 Å². The van der Waals surface area contributed by atoms with Gasteiger partial charge in [0.2, 0.25) is 0 Å². The van der Waals surface area contributed by atoms with Crippen LogP contribution in [0.25, 0.3) is 0 Å². The number of aryl methyl sites for hydroxylation is 1. The van der Waals surface area contributed by atoms with Crippen LogP contribution in [-0.2, 0) is 17.8 Å². The Kier molecular flexibility index (Phi) is 2.74. The maximum absolute atomic E-state index is 11.4. The van der Waals surface area contributed by atoms with Gasteiger partial charge in [0, 0.05) is 12.1 Å². The lowest BCUT2D eigenvalue weighted by molar-refractivity contribution is -0.138. The third-order valence-corrected chi connectivity index (χ3v) is 3.54. The number of aromatic nitrogens is 1. The lowest BCUT2D eigenvalue weighted by Crippen LogP contribution is -2.38. The van der Waals surface area contributed by atoms with E-state index < -0.39 is 12.0 Å². The number of para-hydroxylation sites is 1. The fraction of sp³-hybridized carbons (Fsp3) is 0.286. The van der Waals surface area contributed by atoms with Gasteiger partial charge in [0.1, 0.15) is 17.5 Å². The van der Waals surface area contributed by atoms with Crippen molar-refractivity contribution in [1.29, 1.82) is 0 Å². The molecule has 2 heterocycles. The van der Waals surface area contributed by atoms with Crippen LogP contribution in [0.2, 0.25) is 0 Å². The fourth-order valence-corrected chi connectivity index (χ4v) is 2.51. The van der Waals surface area contributed by atoms with Gasteiger partial charge in [-0.1, -0.05) is 18.2 Å². The molecule has 3 rings (SSSR count). The van der Waals surface area contributed by atoms with E-state index in [0.29, 0.717) is 13.0 Å². The SMILES string of the molecule is Cc1ocnc1CN1c2ccccc2CC1C(=O)O. The molecule has 1 aromatic carbocycles. The first-order chi connectivity index (χ1) is 9.16. The van der Waals surface area contributed by atoms with Gasteiger partial charge in [-0.15, -0.1) is 0 Å². The number of nitrogens with zero attached hydrogens (tertiary/aromatic N) is 2. The summed E-state index contributed by atoms with van der Waals surface area (Å²) < 4.78 is 5.17. The van der Waals surface area contributed by atoms with Gasteiger partial charge < -0.3 is 14.4 Å². The van der Waals surface area contributed by atoms with Gasteiger partial charge in [0.05, 0.1) is 6.54 Å². The Morgan fingerprint density at radius 1 is 1.53 bits per heavy atom. The van der Waals surface area contributed by atoms with E-state index in [2.05, 4.69) is 4.98 Å². The van der Waals surface area contributed by atoms with Crippen LogP contribution in [-0.4, -0.2) is 22.1 Å². The Morgan fingerprint density at radius 2 is 2.32 bits per heavy atom. The summed E-state index contributed by atoms with van der Waals surface area (Å²) in [4.78, 5) is 17.4. The first kappa shape index (κ1) is 11.8. The standard InChI is InChI=1S/C14H14N2O3/c1-9-11(15-8-19-9)7-16-12-5-3-2-4-10(12)6-13(16)14(17)18/h2-5,8,13H,6-7H2,1H3,(H,17,18). The minimum Gasteiger partial charge on any atom is -0.480 e. The summed E-state index contributed by atoms with van der Waals surface area (Å²) in [6.07, 6.45) is 1.92. The smallest absolute Gasteiger partial charge is 0.326 e. The molecule has 0 saturated heterocycles. The van der Waals surface area contributed by atoms with E-state index in [1.54, 1.807) is 0 Å². The monoisotopic (exact) mass is 258 g/mol. The molecule has 0 amide bonds. The molecule has 0 radical (unpaired) electrons. The Balaban J connectivity index is 1.96. The molecule has 1 aliphatic rings. The molecule has 0 saturated carbocycles. The number of benzene rings is 1. The van der Waals surface area contributed by atoms with Gasteiger partial charge in [-0.2, -0.15) is 0 Å². The van der Waals surface area contributed by atoms with E-state index in [1.807, 2.05) is 36.1 Å². The molecule has 5 nitrogen and oxygen atoms in total. The number of aliphatic carboxylic acids is 1. The zero-order chi connectivity index (χ0) is 13.4. The van der Waals surface area contributed by atoms with Crippen LogP contribution in [0.3, 0.4) is 0 Å². The molecule has 0 bridgehead atoms. The summed E-state index contributed by atoms with van der Waals surface area (Å²) in [5, 5.41) is 9.37. The molecule has 0 fully saturated rings. The highest BCUT2D eigenvalue weighted by Crippen LogP contribution is 2.33. The molecule has 1 unspecified atom stereocenters. The largest absolute Gasteiger partial charge is 0.480 e. The number of carboxylic acid groups (broad SMARTS) is 1. The van der Waals surface area contributed by atoms with Crippen molar-refractivity contribution in [2.75, 3.05) is 4.90 Å². The number of anilines is 1. The van der Waals surface area contributed by atoms with Gasteiger partial charge in [-0.25, -0.2) is 9.78 Å². The topological polar surface area (TPSA) is 66.6 Å². The van der Waals surface area contributed by atoms with Crippen molar-refractivity contribution in [3.63, 3.8) is 0 Å². The lowest BCUT2D eigenvalue weighted by atomic mass is 10.1. The predicted octanol–water partition coefficient (Wildman–Crippen LogP) is 2.00. The van der Waals surface area contributed by atoms with Crippen molar-refractivity contribution in [3.8, 4) is 0 Å². The normalized spacial score (nSPS) is 17.5. The highest BCUT2D eigenvalue weighted by atomic mass is 16.4. The van der Waals surface area contributed by atoms with Gasteiger partial charge >= 0.3 is 5.97 Å². The number of carboxylic acids is 1. The molecule has 0 aliphatic carbocycles. The van der Waals surface area contributed by atoms with E-state index in [-0.39, 0.29) is 0 Å². The third-order valence-electron chi connectivity index (χ3n) is 3.54. The van der Waals surface area contributed by atoms with Crippen LogP contribution in [0.15, 0.2) is 35.1 Å². The second kappa shape index (κ2) is 4.42. The first-order valence-electron chi connectivity index (χ1n) is 6.13. The van der Waals surface area contributed by atoms with Crippen molar-refractivity contribution in [2.45, 2.75) is 25.9 Å². The molecule has 19 heavy (non-hydrogen) atoms. The Morgan fingerprint density at radius 3 is 3.00 bits per heavy atom. The Hall–Kier alpha value is -2.30. The number of fused-ring (bicyclic) bond motifs is 1. The summed E-state index contributed by atoms with van der Waals surface area (Å²) in [7, 11) is 0. The van der Waals surface area contributed by atoms with E-state index in [9.17, 15) is 9.90 Å². The van der Waals surface area contributed by atoms with Gasteiger partial charge in [0.25, 0.3) is 0 Å². The Bertz CT molecular complexity index is 621. The molecule has 1 aromatic heterocycles. The second-order valence-corrected chi connectivity index (χ2v) is 4.67. The molecule has 1 atom stereocenters. The van der Waals surface area contributed by atoms with Crippen molar-refractivity contribution in [1.82, 2.24) is 4.98 Å². The maximum Gasteiger partial charge on any atom is 0.326 e. The van der Waals surface area contributed by atoms with Crippen LogP contribution >= 0.6 is 0 Å². The Labute approximate surface area is 110 Å². The molecule has 1 aliphatic heterocycles. The predicted molar refractivity (Wildman–Crippen MR) is 69.0 cm³/mol. The fourth-order valence-electron chi connectivity index (χ4n) is 2.51. The second-order valence-electron chi connectivity index (χ2n) is 4.67. The van der Waals surface area contributed by atoms with Crippen LogP contribution in [0.4, 0.5) is 5.69 Å². The van der Waals surface area contributed by atoms with Gasteiger partial charge in [-0.05, 0) is 18.6 Å². The molecule has 1 N–H and O–H groups in total. The van der Waals surface area contributed by atoms with Crippen molar-refractivity contribution >= 4 is 11.7 Å². The summed E-state index contributed by atoms with van der Waals surface area (Å²) in [6.45, 7) is 2.29. The van der Waals surface area contributed by atoms with Crippen molar-refractivity contribution in [3.05, 3.63) is 47.7 Å². The third kappa shape index (κ3) is 1.97. The van der Waals surface area contributed by atoms with E-state index >= 15 is 0 Å². The minimum absolute atomic E-state index is 0.455. The quantitative estimate of drug-likeness (QED) is 0.912. The summed E-state index contributed by atoms with van der Waals surface area (Å²) in [6, 6.07) is 7.25. The van der Waals surface area contributed by atoms with E-state index in [0.717, 1.165) is 22.7 Å². The van der Waals surface area contributed by atoms with Crippen molar-refractivity contribution < 1.29 is 14.3 Å². The molecular weight excluding hydrogens is 244 g/mol. The average molecular weight is 258 g/mol. The minimum atomic E-state index is -0.808. The summed E-state index contributed by atoms with van der Waals surface area (Å²) >= 11 is 0. The first-order valence-corrected chi connectivity index (χ1v) is 6.13. The summed E-state index contributed by atoms with van der Waals surface area (Å²) in [5.74, 6) is -0.0779. The molecule has 2 aromatic rings. The van der Waals surface area contributed by atoms with Gasteiger partial charge in [0.15, 0.2) is 6.39 Å². The molecule has 5 heteroatoms. The highest BCUT2D eigenvalue weighted by Gasteiger charge is 2.34. The van der Waals surface area contributed by atoms with Crippen LogP contribution in [0, 0.1) is 6.92 Å². The number of hydrogen-bond acceptors (Lipinski definition) is 4. The van der Waals surface area contributed by atoms with Crippen LogP contribution in [0.5, 0.6) is 0 Å². The molecule has 98 valence electrons. The average Bonchev–Trinajstić information content (AvgIpc) is 2.95. The lowest BCUT2D eigenvalue weighted by Gasteiger charge is -2.23. The number of rotatable bonds is 3. The zero-order valence-corrected chi connectivity index (χ0v) is 10.5. The van der Waals surface area contributed by atoms with E-state index in [4.69, 9.17) is 4.42 Å². The van der Waals surface area contributed by atoms with Crippen LogP contribution in [0.1, 0.15) is 17.0 Å². The number of carbonyl (C=O) groups is 1. The summed E-state index contributed by atoms with van der Waals surface area (Å²) in [5.41, 5.74) is 2.82. The highest BCUT2D eigenvalue weighted by molar-refractivity contribution is 5.82. The number of hydrogen-bond donors (Lipinski definition) is 1. The van der Waals surface area contributed by atoms with Crippen molar-refractivity contribution in [2.24, 2.45) is 0 Å². The van der Waals surface area contributed by atoms with Gasteiger partial charge in [-0.3, -0.25) is 0 Å². The molecular formula is C14H14N2O3. The zero-order valence-electron chi connectivity index (χ0n) is 10.5. The maximum atomic E-state index is 11.4. The number of oxazole rings is 1. The van der Waals surface area contributed by atoms with Crippen LogP contribution < -0.4 is 4.90 Å².